The molecule has 0 amide bonds. The summed E-state index contributed by atoms with van der Waals surface area (Å²) in [5.41, 5.74) is 0.924. The summed E-state index contributed by atoms with van der Waals surface area (Å²) in [5.74, 6) is 0.217. The van der Waals surface area contributed by atoms with Gasteiger partial charge in [0.15, 0.2) is 5.78 Å². The predicted molar refractivity (Wildman–Crippen MR) is 82.4 cm³/mol. The van der Waals surface area contributed by atoms with Crippen LogP contribution < -0.4 is 0 Å². The van der Waals surface area contributed by atoms with Crippen molar-refractivity contribution in [2.45, 2.75) is 44.3 Å². The number of allylic oxidation sites excluding steroid dienone is 2. The lowest BCUT2D eigenvalue weighted by molar-refractivity contribution is -0.120. The quantitative estimate of drug-likeness (QED) is 0.524. The Kier molecular flexibility index (Phi) is 4.91. The van der Waals surface area contributed by atoms with Crippen molar-refractivity contribution in [3.63, 3.8) is 0 Å². The van der Waals surface area contributed by atoms with E-state index in [1.165, 1.54) is 5.56 Å². The van der Waals surface area contributed by atoms with E-state index < -0.39 is 0 Å². The van der Waals surface area contributed by atoms with Crippen molar-refractivity contribution in [3.8, 4) is 0 Å². The van der Waals surface area contributed by atoms with Gasteiger partial charge in [0.2, 0.25) is 0 Å². The van der Waals surface area contributed by atoms with E-state index in [1.807, 2.05) is 31.2 Å². The van der Waals surface area contributed by atoms with E-state index in [9.17, 15) is 4.79 Å². The standard InChI is InChI=1S/C18H22O2/c1-3-4-14-18(2)17(20-18)16(19)13-9-8-12-15-10-6-5-7-11-15/h3,5-8,10-12,17H,1,4,9,13-14H2,2H3/b12-8+. The smallest absolute Gasteiger partial charge is 0.164 e. The minimum atomic E-state index is -0.242. The van der Waals surface area contributed by atoms with Crippen molar-refractivity contribution < 1.29 is 9.53 Å². The van der Waals surface area contributed by atoms with Crippen LogP contribution in [0.5, 0.6) is 0 Å². The lowest BCUT2D eigenvalue weighted by atomic mass is 9.97. The van der Waals surface area contributed by atoms with Gasteiger partial charge < -0.3 is 4.74 Å². The Morgan fingerprint density at radius 2 is 2.10 bits per heavy atom. The molecule has 0 aromatic heterocycles. The van der Waals surface area contributed by atoms with Crippen molar-refractivity contribution in [3.05, 3.63) is 54.6 Å². The Bertz CT molecular complexity index is 489. The maximum Gasteiger partial charge on any atom is 0.164 e. The molecule has 1 aromatic carbocycles. The van der Waals surface area contributed by atoms with Gasteiger partial charge in [-0.25, -0.2) is 0 Å². The van der Waals surface area contributed by atoms with Gasteiger partial charge in [-0.1, -0.05) is 48.6 Å². The van der Waals surface area contributed by atoms with E-state index in [-0.39, 0.29) is 17.5 Å². The molecule has 0 bridgehead atoms. The molecular weight excluding hydrogens is 248 g/mol. The van der Waals surface area contributed by atoms with Gasteiger partial charge in [-0.2, -0.15) is 0 Å². The maximum atomic E-state index is 12.0. The largest absolute Gasteiger partial charge is 0.358 e. The molecular formula is C18H22O2. The molecule has 2 heteroatoms. The van der Waals surface area contributed by atoms with Gasteiger partial charge in [-0.05, 0) is 31.7 Å². The third-order valence-corrected chi connectivity index (χ3v) is 3.69. The molecule has 2 rings (SSSR count). The summed E-state index contributed by atoms with van der Waals surface area (Å²) < 4.78 is 5.56. The maximum absolute atomic E-state index is 12.0. The minimum Gasteiger partial charge on any atom is -0.358 e. The van der Waals surface area contributed by atoms with Crippen LogP contribution in [0.25, 0.3) is 6.08 Å². The van der Waals surface area contributed by atoms with E-state index in [0.29, 0.717) is 6.42 Å². The summed E-state index contributed by atoms with van der Waals surface area (Å²) in [6.45, 7) is 5.71. The van der Waals surface area contributed by atoms with E-state index in [0.717, 1.165) is 19.3 Å². The lowest BCUT2D eigenvalue weighted by Crippen LogP contribution is -2.17. The second-order valence-corrected chi connectivity index (χ2v) is 5.46. The first-order valence-corrected chi connectivity index (χ1v) is 7.19. The molecule has 2 unspecified atom stereocenters. The van der Waals surface area contributed by atoms with Crippen molar-refractivity contribution in [1.82, 2.24) is 0 Å². The van der Waals surface area contributed by atoms with Gasteiger partial charge >= 0.3 is 0 Å². The average molecular weight is 270 g/mol. The molecule has 0 radical (unpaired) electrons. The highest BCUT2D eigenvalue weighted by atomic mass is 16.6. The summed E-state index contributed by atoms with van der Waals surface area (Å²) in [4.78, 5) is 12.0. The number of ketones is 1. The number of hydrogen-bond acceptors (Lipinski definition) is 2. The number of ether oxygens (including phenoxy) is 1. The molecule has 0 saturated carbocycles. The number of epoxide rings is 1. The fourth-order valence-corrected chi connectivity index (χ4v) is 2.36. The van der Waals surface area contributed by atoms with Gasteiger partial charge in [-0.3, -0.25) is 4.79 Å². The van der Waals surface area contributed by atoms with Gasteiger partial charge in [0.05, 0.1) is 0 Å². The molecule has 0 aliphatic carbocycles. The van der Waals surface area contributed by atoms with Crippen molar-refractivity contribution >= 4 is 11.9 Å². The highest BCUT2D eigenvalue weighted by molar-refractivity contribution is 5.87. The molecule has 2 atom stereocenters. The summed E-state index contributed by atoms with van der Waals surface area (Å²) in [6, 6.07) is 10.1. The fraction of sp³-hybridized carbons (Fsp3) is 0.389. The second-order valence-electron chi connectivity index (χ2n) is 5.46. The summed E-state index contributed by atoms with van der Waals surface area (Å²) in [5, 5.41) is 0. The first-order valence-electron chi connectivity index (χ1n) is 7.19. The Balaban J connectivity index is 1.72. The topological polar surface area (TPSA) is 29.6 Å². The van der Waals surface area contributed by atoms with Gasteiger partial charge in [0, 0.05) is 6.42 Å². The number of benzene rings is 1. The number of carbonyl (C=O) groups excluding carboxylic acids is 1. The van der Waals surface area contributed by atoms with Crippen LogP contribution in [-0.4, -0.2) is 17.5 Å². The normalized spacial score (nSPS) is 24.8. The molecule has 1 aliphatic heterocycles. The lowest BCUT2D eigenvalue weighted by Gasteiger charge is -2.02. The Hall–Kier alpha value is -1.67. The third kappa shape index (κ3) is 3.91. The molecule has 1 aromatic rings. The Morgan fingerprint density at radius 1 is 1.35 bits per heavy atom. The summed E-state index contributed by atoms with van der Waals surface area (Å²) in [7, 11) is 0. The van der Waals surface area contributed by atoms with Gasteiger partial charge in [-0.15, -0.1) is 6.58 Å². The van der Waals surface area contributed by atoms with Gasteiger partial charge in [0.1, 0.15) is 11.7 Å². The van der Waals surface area contributed by atoms with Crippen LogP contribution in [0, 0.1) is 0 Å². The van der Waals surface area contributed by atoms with E-state index in [2.05, 4.69) is 30.9 Å². The van der Waals surface area contributed by atoms with Crippen LogP contribution in [0.2, 0.25) is 0 Å². The highest BCUT2D eigenvalue weighted by Gasteiger charge is 2.55. The molecule has 20 heavy (non-hydrogen) atoms. The number of hydrogen-bond donors (Lipinski definition) is 0. The van der Waals surface area contributed by atoms with Crippen molar-refractivity contribution in [1.29, 1.82) is 0 Å². The molecule has 106 valence electrons. The highest BCUT2D eigenvalue weighted by Crippen LogP contribution is 2.41. The van der Waals surface area contributed by atoms with Crippen LogP contribution in [0.3, 0.4) is 0 Å². The molecule has 2 nitrogen and oxygen atoms in total. The van der Waals surface area contributed by atoms with Crippen LogP contribution in [0.1, 0.15) is 38.2 Å². The number of carbonyl (C=O) groups is 1. The SMILES string of the molecule is C=CCCC1(C)OC1C(=O)CC/C=C/c1ccccc1. The monoisotopic (exact) mass is 270 g/mol. The molecule has 1 aliphatic rings. The molecule has 0 spiro atoms. The summed E-state index contributed by atoms with van der Waals surface area (Å²) in [6.07, 6.45) is 8.88. The van der Waals surface area contributed by atoms with Crippen LogP contribution in [-0.2, 0) is 9.53 Å². The Morgan fingerprint density at radius 3 is 2.80 bits per heavy atom. The zero-order chi connectivity index (χ0) is 14.4. The van der Waals surface area contributed by atoms with Crippen molar-refractivity contribution in [2.24, 2.45) is 0 Å². The summed E-state index contributed by atoms with van der Waals surface area (Å²) >= 11 is 0. The first kappa shape index (κ1) is 14.7. The fourth-order valence-electron chi connectivity index (χ4n) is 2.36. The van der Waals surface area contributed by atoms with Crippen LogP contribution in [0.15, 0.2) is 49.1 Å². The van der Waals surface area contributed by atoms with Gasteiger partial charge in [0.25, 0.3) is 0 Å². The number of Topliss-reactive ketones (excluding diaryl/α,β-unsaturated/α-hetero) is 1. The zero-order valence-electron chi connectivity index (χ0n) is 12.0. The van der Waals surface area contributed by atoms with Crippen molar-refractivity contribution in [2.75, 3.05) is 0 Å². The first-order chi connectivity index (χ1) is 9.65. The molecule has 1 heterocycles. The number of rotatable bonds is 8. The van der Waals surface area contributed by atoms with E-state index in [4.69, 9.17) is 4.74 Å². The average Bonchev–Trinajstić information content (AvgIpc) is 3.15. The third-order valence-electron chi connectivity index (χ3n) is 3.69. The minimum absolute atomic E-state index is 0.201. The zero-order valence-corrected chi connectivity index (χ0v) is 12.0. The van der Waals surface area contributed by atoms with Crippen LogP contribution in [0.4, 0.5) is 0 Å². The van der Waals surface area contributed by atoms with E-state index in [1.54, 1.807) is 0 Å². The van der Waals surface area contributed by atoms with Crippen LogP contribution >= 0.6 is 0 Å². The predicted octanol–water partition coefficient (Wildman–Crippen LogP) is 4.17. The molecule has 0 N–H and O–H groups in total. The molecule has 1 saturated heterocycles. The second kappa shape index (κ2) is 6.67. The molecule has 1 fully saturated rings. The van der Waals surface area contributed by atoms with E-state index >= 15 is 0 Å². The Labute approximate surface area is 121 Å².